The van der Waals surface area contributed by atoms with Gasteiger partial charge in [0.15, 0.2) is 0 Å². The lowest BCUT2D eigenvalue weighted by Gasteiger charge is -2.10. The highest BCUT2D eigenvalue weighted by Gasteiger charge is 2.18. The molecule has 3 rings (SSSR count). The molecule has 0 spiro atoms. The van der Waals surface area contributed by atoms with Gasteiger partial charge in [0.2, 0.25) is 16.0 Å². The SMILES string of the molecule is Cc1ccccc1Cn1c(N)nc2cc(Cl)c(S(N)(=O)=O)cc21. The largest absolute Gasteiger partial charge is 0.369 e. The first kappa shape index (κ1) is 15.8. The molecule has 23 heavy (non-hydrogen) atoms. The number of sulfonamides is 1. The number of aryl methyl sites for hydroxylation is 1. The van der Waals surface area contributed by atoms with Crippen LogP contribution in [0.2, 0.25) is 5.02 Å². The van der Waals surface area contributed by atoms with Crippen molar-refractivity contribution in [1.29, 1.82) is 0 Å². The molecule has 0 aliphatic carbocycles. The van der Waals surface area contributed by atoms with E-state index in [9.17, 15) is 8.42 Å². The number of aromatic nitrogens is 2. The molecule has 0 fully saturated rings. The Hall–Kier alpha value is -2.09. The molecular weight excluding hydrogens is 336 g/mol. The summed E-state index contributed by atoms with van der Waals surface area (Å²) < 4.78 is 25.1. The highest BCUT2D eigenvalue weighted by Crippen LogP contribution is 2.29. The maximum absolute atomic E-state index is 11.7. The Morgan fingerprint density at radius 3 is 2.61 bits per heavy atom. The van der Waals surface area contributed by atoms with Crippen molar-refractivity contribution in [3.63, 3.8) is 0 Å². The number of hydrogen-bond acceptors (Lipinski definition) is 4. The summed E-state index contributed by atoms with van der Waals surface area (Å²) in [6, 6.07) is 10.7. The van der Waals surface area contributed by atoms with Gasteiger partial charge in [-0.05, 0) is 30.2 Å². The summed E-state index contributed by atoms with van der Waals surface area (Å²) in [5, 5.41) is 5.24. The van der Waals surface area contributed by atoms with Crippen molar-refractivity contribution in [2.75, 3.05) is 5.73 Å². The predicted molar refractivity (Wildman–Crippen MR) is 90.8 cm³/mol. The van der Waals surface area contributed by atoms with E-state index in [1.165, 1.54) is 12.1 Å². The normalized spacial score (nSPS) is 12.0. The number of imidazole rings is 1. The van der Waals surface area contributed by atoms with Gasteiger partial charge in [0.05, 0.1) is 22.6 Å². The maximum Gasteiger partial charge on any atom is 0.239 e. The molecule has 1 heterocycles. The highest BCUT2D eigenvalue weighted by atomic mass is 35.5. The number of nitrogens with zero attached hydrogens (tertiary/aromatic N) is 2. The fourth-order valence-corrected chi connectivity index (χ4v) is 3.57. The zero-order valence-electron chi connectivity index (χ0n) is 12.3. The molecule has 4 N–H and O–H groups in total. The first-order valence-corrected chi connectivity index (χ1v) is 8.72. The van der Waals surface area contributed by atoms with Crippen molar-refractivity contribution >= 4 is 38.6 Å². The quantitative estimate of drug-likeness (QED) is 0.756. The fourth-order valence-electron chi connectivity index (χ4n) is 2.49. The molecule has 0 atom stereocenters. The van der Waals surface area contributed by atoms with Crippen LogP contribution in [-0.2, 0) is 16.6 Å². The van der Waals surface area contributed by atoms with Crippen molar-refractivity contribution in [2.24, 2.45) is 5.14 Å². The Labute approximate surface area is 138 Å². The third-order valence-electron chi connectivity index (χ3n) is 3.73. The van der Waals surface area contributed by atoms with E-state index in [0.717, 1.165) is 11.1 Å². The molecule has 0 amide bonds. The van der Waals surface area contributed by atoms with Gasteiger partial charge in [-0.2, -0.15) is 0 Å². The standard InChI is InChI=1S/C15H15ClN4O2S/c1-9-4-2-3-5-10(9)8-20-13-7-14(23(18,21)22)11(16)6-12(13)19-15(20)17/h2-7H,8H2,1H3,(H2,17,19)(H2,18,21,22). The van der Waals surface area contributed by atoms with Gasteiger partial charge in [-0.25, -0.2) is 18.5 Å². The van der Waals surface area contributed by atoms with E-state index in [0.29, 0.717) is 17.6 Å². The van der Waals surface area contributed by atoms with Gasteiger partial charge in [-0.3, -0.25) is 0 Å². The Bertz CT molecular complexity index is 1010. The number of nitrogens with two attached hydrogens (primary N) is 2. The van der Waals surface area contributed by atoms with Crippen molar-refractivity contribution in [3.8, 4) is 0 Å². The average molecular weight is 351 g/mol. The van der Waals surface area contributed by atoms with Gasteiger partial charge in [0, 0.05) is 0 Å². The van der Waals surface area contributed by atoms with Crippen LogP contribution >= 0.6 is 11.6 Å². The predicted octanol–water partition coefficient (Wildman–Crippen LogP) is 2.28. The molecule has 0 aliphatic heterocycles. The van der Waals surface area contributed by atoms with E-state index in [1.54, 1.807) is 4.57 Å². The van der Waals surface area contributed by atoms with E-state index in [4.69, 9.17) is 22.5 Å². The zero-order valence-corrected chi connectivity index (χ0v) is 13.9. The Morgan fingerprint density at radius 1 is 1.26 bits per heavy atom. The van der Waals surface area contributed by atoms with E-state index >= 15 is 0 Å². The summed E-state index contributed by atoms with van der Waals surface area (Å²) >= 11 is 5.99. The molecule has 0 unspecified atom stereocenters. The molecule has 0 saturated carbocycles. The first-order chi connectivity index (χ1) is 10.8. The average Bonchev–Trinajstić information content (AvgIpc) is 2.74. The smallest absolute Gasteiger partial charge is 0.239 e. The number of anilines is 1. The minimum absolute atomic E-state index is 0.0283. The van der Waals surface area contributed by atoms with Crippen LogP contribution in [0.3, 0.4) is 0 Å². The van der Waals surface area contributed by atoms with Crippen LogP contribution in [0.25, 0.3) is 11.0 Å². The molecule has 3 aromatic rings. The number of hydrogen-bond donors (Lipinski definition) is 2. The van der Waals surface area contributed by atoms with Crippen molar-refractivity contribution in [1.82, 2.24) is 9.55 Å². The molecule has 0 radical (unpaired) electrons. The maximum atomic E-state index is 11.7. The molecular formula is C15H15ClN4O2S. The third-order valence-corrected chi connectivity index (χ3v) is 5.10. The summed E-state index contributed by atoms with van der Waals surface area (Å²) in [5.41, 5.74) is 9.25. The van der Waals surface area contributed by atoms with E-state index < -0.39 is 10.0 Å². The van der Waals surface area contributed by atoms with E-state index in [1.807, 2.05) is 31.2 Å². The number of benzene rings is 2. The Morgan fingerprint density at radius 2 is 1.96 bits per heavy atom. The van der Waals surface area contributed by atoms with Gasteiger partial charge in [0.25, 0.3) is 0 Å². The van der Waals surface area contributed by atoms with Crippen LogP contribution in [0.1, 0.15) is 11.1 Å². The summed E-state index contributed by atoms with van der Waals surface area (Å²) in [7, 11) is -3.93. The second-order valence-corrected chi connectivity index (χ2v) is 7.24. The topological polar surface area (TPSA) is 104 Å². The Kier molecular flexibility index (Phi) is 3.79. The second kappa shape index (κ2) is 5.52. The lowest BCUT2D eigenvalue weighted by molar-refractivity contribution is 0.598. The van der Waals surface area contributed by atoms with Crippen LogP contribution in [0, 0.1) is 6.92 Å². The molecule has 6 nitrogen and oxygen atoms in total. The number of halogens is 1. The molecule has 120 valence electrons. The first-order valence-electron chi connectivity index (χ1n) is 6.80. The molecule has 0 bridgehead atoms. The van der Waals surface area contributed by atoms with Crippen LogP contribution in [0.15, 0.2) is 41.3 Å². The highest BCUT2D eigenvalue weighted by molar-refractivity contribution is 7.89. The lowest BCUT2D eigenvalue weighted by atomic mass is 10.1. The van der Waals surface area contributed by atoms with Crippen LogP contribution < -0.4 is 10.9 Å². The third kappa shape index (κ3) is 2.90. The van der Waals surface area contributed by atoms with Crippen LogP contribution in [-0.4, -0.2) is 18.0 Å². The van der Waals surface area contributed by atoms with Gasteiger partial charge < -0.3 is 10.3 Å². The number of primary sulfonamides is 1. The van der Waals surface area contributed by atoms with Crippen molar-refractivity contribution < 1.29 is 8.42 Å². The van der Waals surface area contributed by atoms with Gasteiger partial charge >= 0.3 is 0 Å². The van der Waals surface area contributed by atoms with Gasteiger partial charge in [0.1, 0.15) is 4.90 Å². The molecule has 2 aromatic carbocycles. The molecule has 0 aliphatic rings. The minimum atomic E-state index is -3.93. The van der Waals surface area contributed by atoms with Gasteiger partial charge in [-0.1, -0.05) is 35.9 Å². The fraction of sp³-hybridized carbons (Fsp3) is 0.133. The summed E-state index contributed by atoms with van der Waals surface area (Å²) in [5.74, 6) is 0.283. The van der Waals surface area contributed by atoms with Crippen molar-refractivity contribution in [3.05, 3.63) is 52.5 Å². The monoisotopic (exact) mass is 350 g/mol. The summed E-state index contributed by atoms with van der Waals surface area (Å²) in [4.78, 5) is 4.10. The van der Waals surface area contributed by atoms with Crippen molar-refractivity contribution in [2.45, 2.75) is 18.4 Å². The van der Waals surface area contributed by atoms with Crippen LogP contribution in [0.5, 0.6) is 0 Å². The van der Waals surface area contributed by atoms with E-state index in [2.05, 4.69) is 4.98 Å². The minimum Gasteiger partial charge on any atom is -0.369 e. The Balaban J connectivity index is 2.21. The van der Waals surface area contributed by atoms with E-state index in [-0.39, 0.29) is 15.9 Å². The molecule has 1 aromatic heterocycles. The molecule has 0 saturated heterocycles. The number of fused-ring (bicyclic) bond motifs is 1. The lowest BCUT2D eigenvalue weighted by Crippen LogP contribution is -2.13. The summed E-state index contributed by atoms with van der Waals surface area (Å²) in [6.07, 6.45) is 0. The number of rotatable bonds is 3. The number of nitrogen functional groups attached to an aromatic ring is 1. The van der Waals surface area contributed by atoms with Crippen LogP contribution in [0.4, 0.5) is 5.95 Å². The van der Waals surface area contributed by atoms with Gasteiger partial charge in [-0.15, -0.1) is 0 Å². The zero-order chi connectivity index (χ0) is 16.8. The summed E-state index contributed by atoms with van der Waals surface area (Å²) in [6.45, 7) is 2.47. The second-order valence-electron chi connectivity index (χ2n) is 5.30. The molecule has 8 heteroatoms.